The molecule has 1 aliphatic heterocycles. The van der Waals surface area contributed by atoms with E-state index in [2.05, 4.69) is 29.4 Å². The summed E-state index contributed by atoms with van der Waals surface area (Å²) in [5, 5.41) is 3.43. The standard InChI is InChI=1S/C11H16N2/c1-11(6-4-7-12-9-11)10-5-2-3-8-13-10/h2-3,5,8,12H,4,6-7,9H2,1H3/t11-/m1/s1. The first-order chi connectivity index (χ1) is 6.31. The maximum atomic E-state index is 4.43. The van der Waals surface area contributed by atoms with Gasteiger partial charge in [0.2, 0.25) is 0 Å². The Labute approximate surface area is 79.4 Å². The van der Waals surface area contributed by atoms with E-state index in [0.29, 0.717) is 0 Å². The van der Waals surface area contributed by atoms with Gasteiger partial charge in [-0.1, -0.05) is 13.0 Å². The minimum absolute atomic E-state index is 0.250. The Bertz CT molecular complexity index is 263. The highest BCUT2D eigenvalue weighted by molar-refractivity contribution is 5.17. The van der Waals surface area contributed by atoms with Crippen molar-refractivity contribution in [1.29, 1.82) is 0 Å². The van der Waals surface area contributed by atoms with E-state index in [1.807, 2.05) is 12.3 Å². The summed E-state index contributed by atoms with van der Waals surface area (Å²) in [6, 6.07) is 6.18. The Morgan fingerprint density at radius 1 is 1.46 bits per heavy atom. The Balaban J connectivity index is 2.23. The minimum Gasteiger partial charge on any atom is -0.316 e. The van der Waals surface area contributed by atoms with Crippen LogP contribution in [0.3, 0.4) is 0 Å². The van der Waals surface area contributed by atoms with E-state index in [-0.39, 0.29) is 5.41 Å². The molecule has 2 nitrogen and oxygen atoms in total. The number of piperidine rings is 1. The normalized spacial score (nSPS) is 28.7. The van der Waals surface area contributed by atoms with Crippen molar-refractivity contribution in [2.45, 2.75) is 25.2 Å². The summed E-state index contributed by atoms with van der Waals surface area (Å²) < 4.78 is 0. The van der Waals surface area contributed by atoms with E-state index in [4.69, 9.17) is 0 Å². The highest BCUT2D eigenvalue weighted by Crippen LogP contribution is 2.28. The number of aromatic nitrogens is 1. The van der Waals surface area contributed by atoms with Crippen molar-refractivity contribution in [3.05, 3.63) is 30.1 Å². The van der Waals surface area contributed by atoms with Crippen molar-refractivity contribution in [3.63, 3.8) is 0 Å². The molecule has 70 valence electrons. The first-order valence-electron chi connectivity index (χ1n) is 4.93. The first kappa shape index (κ1) is 8.70. The van der Waals surface area contributed by atoms with Gasteiger partial charge >= 0.3 is 0 Å². The quantitative estimate of drug-likeness (QED) is 0.704. The molecule has 1 saturated heterocycles. The van der Waals surface area contributed by atoms with Gasteiger partial charge in [-0.05, 0) is 31.5 Å². The summed E-state index contributed by atoms with van der Waals surface area (Å²) in [6.45, 7) is 4.51. The fourth-order valence-corrected chi connectivity index (χ4v) is 1.99. The fraction of sp³-hybridized carbons (Fsp3) is 0.545. The van der Waals surface area contributed by atoms with Gasteiger partial charge in [0.15, 0.2) is 0 Å². The molecule has 0 amide bonds. The van der Waals surface area contributed by atoms with E-state index in [1.165, 1.54) is 18.5 Å². The molecule has 1 atom stereocenters. The van der Waals surface area contributed by atoms with Crippen LogP contribution in [-0.4, -0.2) is 18.1 Å². The van der Waals surface area contributed by atoms with Crippen LogP contribution in [0.4, 0.5) is 0 Å². The third kappa shape index (κ3) is 1.73. The van der Waals surface area contributed by atoms with E-state index in [0.717, 1.165) is 13.1 Å². The molecule has 1 aromatic rings. The SMILES string of the molecule is C[C@@]1(c2ccccn2)CCCNC1. The van der Waals surface area contributed by atoms with Crippen molar-refractivity contribution < 1.29 is 0 Å². The van der Waals surface area contributed by atoms with Crippen LogP contribution in [0.15, 0.2) is 24.4 Å². The van der Waals surface area contributed by atoms with Crippen molar-refractivity contribution in [3.8, 4) is 0 Å². The lowest BCUT2D eigenvalue weighted by molar-refractivity contribution is 0.332. The van der Waals surface area contributed by atoms with Crippen LogP contribution < -0.4 is 5.32 Å². The Hall–Kier alpha value is -0.890. The molecule has 0 bridgehead atoms. The highest BCUT2D eigenvalue weighted by atomic mass is 14.9. The fourth-order valence-electron chi connectivity index (χ4n) is 1.99. The second-order valence-corrected chi connectivity index (χ2v) is 4.06. The molecule has 1 aromatic heterocycles. The summed E-state index contributed by atoms with van der Waals surface area (Å²) in [4.78, 5) is 4.43. The van der Waals surface area contributed by atoms with Gasteiger partial charge in [0, 0.05) is 23.9 Å². The zero-order chi connectivity index (χ0) is 9.15. The molecule has 0 spiro atoms. The van der Waals surface area contributed by atoms with Crippen molar-refractivity contribution in [1.82, 2.24) is 10.3 Å². The molecule has 0 unspecified atom stereocenters. The van der Waals surface area contributed by atoms with Crippen LogP contribution in [0.2, 0.25) is 0 Å². The van der Waals surface area contributed by atoms with Crippen molar-refractivity contribution in [2.24, 2.45) is 0 Å². The Kier molecular flexibility index (Phi) is 2.32. The van der Waals surface area contributed by atoms with Gasteiger partial charge in [-0.15, -0.1) is 0 Å². The Morgan fingerprint density at radius 3 is 3.00 bits per heavy atom. The molecule has 0 aliphatic carbocycles. The van der Waals surface area contributed by atoms with Gasteiger partial charge in [-0.25, -0.2) is 0 Å². The summed E-state index contributed by atoms with van der Waals surface area (Å²) in [5.74, 6) is 0. The van der Waals surface area contributed by atoms with E-state index < -0.39 is 0 Å². The van der Waals surface area contributed by atoms with Crippen LogP contribution in [0.1, 0.15) is 25.5 Å². The van der Waals surface area contributed by atoms with Crippen LogP contribution >= 0.6 is 0 Å². The average Bonchev–Trinajstić information content (AvgIpc) is 2.20. The van der Waals surface area contributed by atoms with Gasteiger partial charge in [0.05, 0.1) is 0 Å². The molecular weight excluding hydrogens is 160 g/mol. The van der Waals surface area contributed by atoms with Gasteiger partial charge in [-0.2, -0.15) is 0 Å². The zero-order valence-electron chi connectivity index (χ0n) is 8.09. The highest BCUT2D eigenvalue weighted by Gasteiger charge is 2.29. The topological polar surface area (TPSA) is 24.9 Å². The maximum absolute atomic E-state index is 4.43. The molecule has 0 radical (unpaired) electrons. The van der Waals surface area contributed by atoms with Gasteiger partial charge in [0.1, 0.15) is 0 Å². The number of pyridine rings is 1. The van der Waals surface area contributed by atoms with Crippen LogP contribution in [0, 0.1) is 0 Å². The summed E-state index contributed by atoms with van der Waals surface area (Å²) >= 11 is 0. The van der Waals surface area contributed by atoms with Gasteiger partial charge in [-0.3, -0.25) is 4.98 Å². The largest absolute Gasteiger partial charge is 0.316 e. The number of hydrogen-bond acceptors (Lipinski definition) is 2. The monoisotopic (exact) mass is 176 g/mol. The number of nitrogens with zero attached hydrogens (tertiary/aromatic N) is 1. The van der Waals surface area contributed by atoms with Gasteiger partial charge in [0.25, 0.3) is 0 Å². The molecule has 13 heavy (non-hydrogen) atoms. The van der Waals surface area contributed by atoms with Crippen molar-refractivity contribution >= 4 is 0 Å². The van der Waals surface area contributed by atoms with E-state index >= 15 is 0 Å². The van der Waals surface area contributed by atoms with Crippen molar-refractivity contribution in [2.75, 3.05) is 13.1 Å². The minimum atomic E-state index is 0.250. The van der Waals surface area contributed by atoms with Crippen LogP contribution in [0.25, 0.3) is 0 Å². The number of hydrogen-bond donors (Lipinski definition) is 1. The third-order valence-electron chi connectivity index (χ3n) is 2.88. The molecule has 0 saturated carbocycles. The zero-order valence-corrected chi connectivity index (χ0v) is 8.09. The Morgan fingerprint density at radius 2 is 2.38 bits per heavy atom. The maximum Gasteiger partial charge on any atom is 0.0475 e. The van der Waals surface area contributed by atoms with E-state index in [1.54, 1.807) is 0 Å². The summed E-state index contributed by atoms with van der Waals surface area (Å²) in [7, 11) is 0. The van der Waals surface area contributed by atoms with E-state index in [9.17, 15) is 0 Å². The van der Waals surface area contributed by atoms with Gasteiger partial charge < -0.3 is 5.32 Å². The molecular formula is C11H16N2. The predicted molar refractivity (Wildman–Crippen MR) is 53.7 cm³/mol. The second kappa shape index (κ2) is 3.46. The molecule has 1 N–H and O–H groups in total. The van der Waals surface area contributed by atoms with Crippen LogP contribution in [0.5, 0.6) is 0 Å². The molecule has 2 heterocycles. The molecule has 2 rings (SSSR count). The number of rotatable bonds is 1. The summed E-state index contributed by atoms with van der Waals surface area (Å²) in [6.07, 6.45) is 4.39. The lowest BCUT2D eigenvalue weighted by Gasteiger charge is -2.33. The number of nitrogens with one attached hydrogen (secondary N) is 1. The lowest BCUT2D eigenvalue weighted by atomic mass is 9.79. The molecule has 1 aliphatic rings. The van der Waals surface area contributed by atoms with Crippen LogP contribution in [-0.2, 0) is 5.41 Å². The lowest BCUT2D eigenvalue weighted by Crippen LogP contribution is -2.41. The average molecular weight is 176 g/mol. The summed E-state index contributed by atoms with van der Waals surface area (Å²) in [5.41, 5.74) is 1.47. The smallest absolute Gasteiger partial charge is 0.0475 e. The molecule has 1 fully saturated rings. The molecule has 0 aromatic carbocycles. The predicted octanol–water partition coefficient (Wildman–Crippen LogP) is 1.72. The third-order valence-corrected chi connectivity index (χ3v) is 2.88. The molecule has 2 heteroatoms. The second-order valence-electron chi connectivity index (χ2n) is 4.06. The first-order valence-corrected chi connectivity index (χ1v) is 4.93.